The molecule has 0 aliphatic heterocycles. The Hall–Kier alpha value is -0.730. The zero-order chi connectivity index (χ0) is 18.4. The molecule has 25 heavy (non-hydrogen) atoms. The fraction of sp³-hybridized carbons (Fsp3) is 0.950. The van der Waals surface area contributed by atoms with Crippen molar-refractivity contribution in [3.8, 4) is 0 Å². The van der Waals surface area contributed by atoms with Crippen LogP contribution in [0.4, 0.5) is 8.78 Å². The lowest BCUT2D eigenvalue weighted by Gasteiger charge is -2.16. The lowest BCUT2D eigenvalue weighted by Crippen LogP contribution is -2.19. The molecule has 0 amide bonds. The van der Waals surface area contributed by atoms with Crippen molar-refractivity contribution in [1.29, 1.82) is 0 Å². The maximum Gasteiger partial charge on any atom is 0.219 e. The average molecular weight is 362 g/mol. The summed E-state index contributed by atoms with van der Waals surface area (Å²) in [5.41, 5.74) is 0. The molecule has 0 saturated heterocycles. The largest absolute Gasteiger partial charge is 0.352 e. The number of nitrogens with zero attached hydrogens (tertiary/aromatic N) is 1. The van der Waals surface area contributed by atoms with Crippen molar-refractivity contribution in [1.82, 2.24) is 0 Å². The van der Waals surface area contributed by atoms with E-state index in [1.165, 1.54) is 0 Å². The smallest absolute Gasteiger partial charge is 0.219 e. The van der Waals surface area contributed by atoms with Crippen LogP contribution in [0.3, 0.4) is 0 Å². The van der Waals surface area contributed by atoms with Crippen LogP contribution in [0.5, 0.6) is 0 Å². The van der Waals surface area contributed by atoms with Gasteiger partial charge < -0.3 is 14.3 Å². The highest BCUT2D eigenvalue weighted by molar-refractivity contribution is 4.61. The summed E-state index contributed by atoms with van der Waals surface area (Å²) in [6, 6.07) is 0. The number of rotatable bonds is 20. The highest BCUT2D eigenvalue weighted by atomic mass is 19.1. The van der Waals surface area contributed by atoms with E-state index in [0.717, 1.165) is 64.2 Å². The molecule has 0 fully saturated rings. The van der Waals surface area contributed by atoms with Gasteiger partial charge in [0.05, 0.1) is 19.8 Å². The second kappa shape index (κ2) is 21.3. The van der Waals surface area contributed by atoms with Crippen LogP contribution in [0, 0.1) is 6.57 Å². The first-order chi connectivity index (χ1) is 12.3. The Labute approximate surface area is 153 Å². The topological polar surface area (TPSA) is 22.8 Å². The fourth-order valence-corrected chi connectivity index (χ4v) is 2.62. The maximum absolute atomic E-state index is 12.0. The van der Waals surface area contributed by atoms with E-state index in [0.29, 0.717) is 39.0 Å². The molecule has 0 aliphatic rings. The molecule has 0 spiro atoms. The average Bonchev–Trinajstić information content (AvgIpc) is 2.63. The van der Waals surface area contributed by atoms with Gasteiger partial charge in [-0.25, -0.2) is 6.57 Å². The number of hydrogen-bond donors (Lipinski definition) is 0. The molecule has 0 aromatic carbocycles. The second-order valence-corrected chi connectivity index (χ2v) is 6.46. The first-order valence-corrected chi connectivity index (χ1v) is 10.0. The molecule has 148 valence electrons. The van der Waals surface area contributed by atoms with Gasteiger partial charge in [-0.2, -0.15) is 0 Å². The van der Waals surface area contributed by atoms with Gasteiger partial charge in [0.1, 0.15) is 0 Å². The molecular formula is C20H37F2NO2. The van der Waals surface area contributed by atoms with Crippen LogP contribution in [0.1, 0.15) is 83.5 Å². The van der Waals surface area contributed by atoms with Crippen molar-refractivity contribution in [2.75, 3.05) is 33.1 Å². The molecule has 3 nitrogen and oxygen atoms in total. The van der Waals surface area contributed by atoms with Crippen LogP contribution >= 0.6 is 0 Å². The number of unbranched alkanes of at least 4 members (excludes halogenated alkanes) is 10. The van der Waals surface area contributed by atoms with E-state index < -0.39 is 0 Å². The summed E-state index contributed by atoms with van der Waals surface area (Å²) < 4.78 is 35.5. The van der Waals surface area contributed by atoms with Gasteiger partial charge in [-0.1, -0.05) is 51.4 Å². The number of ether oxygens (including phenoxy) is 2. The molecule has 0 atom stereocenters. The molecule has 0 N–H and O–H groups in total. The van der Waals surface area contributed by atoms with Crippen molar-refractivity contribution < 1.29 is 18.3 Å². The van der Waals surface area contributed by atoms with E-state index in [9.17, 15) is 8.78 Å². The summed E-state index contributed by atoms with van der Waals surface area (Å²) in [7, 11) is 0. The van der Waals surface area contributed by atoms with Crippen LogP contribution in [0.2, 0.25) is 0 Å². The third kappa shape index (κ3) is 19.4. The van der Waals surface area contributed by atoms with Crippen LogP contribution in [0.15, 0.2) is 0 Å². The molecule has 0 aromatic heterocycles. The molecule has 5 heteroatoms. The Morgan fingerprint density at radius 1 is 0.640 bits per heavy atom. The molecule has 0 aromatic rings. The normalized spacial score (nSPS) is 11.1. The van der Waals surface area contributed by atoms with Gasteiger partial charge in [0.25, 0.3) is 0 Å². The zero-order valence-electron chi connectivity index (χ0n) is 15.8. The fourth-order valence-electron chi connectivity index (χ4n) is 2.62. The van der Waals surface area contributed by atoms with E-state index in [1.807, 2.05) is 0 Å². The first-order valence-electron chi connectivity index (χ1n) is 10.0. The van der Waals surface area contributed by atoms with Gasteiger partial charge in [0, 0.05) is 13.2 Å². The molecule has 0 unspecified atom stereocenters. The molecule has 0 heterocycles. The summed E-state index contributed by atoms with van der Waals surface area (Å²) in [6.45, 7) is 8.24. The van der Waals surface area contributed by atoms with Crippen LogP contribution in [0.25, 0.3) is 4.85 Å². The van der Waals surface area contributed by atoms with Crippen molar-refractivity contribution in [3.63, 3.8) is 0 Å². The summed E-state index contributed by atoms with van der Waals surface area (Å²) in [4.78, 5) is 3.38. The van der Waals surface area contributed by atoms with Crippen molar-refractivity contribution >= 4 is 0 Å². The van der Waals surface area contributed by atoms with Crippen molar-refractivity contribution in [3.05, 3.63) is 11.4 Å². The lowest BCUT2D eigenvalue weighted by molar-refractivity contribution is -0.145. The van der Waals surface area contributed by atoms with Crippen LogP contribution < -0.4 is 0 Å². The lowest BCUT2D eigenvalue weighted by atomic mass is 10.1. The Balaban J connectivity index is 3.56. The van der Waals surface area contributed by atoms with Gasteiger partial charge in [-0.15, -0.1) is 0 Å². The van der Waals surface area contributed by atoms with Gasteiger partial charge in [0.2, 0.25) is 6.54 Å². The first kappa shape index (κ1) is 24.3. The highest BCUT2D eigenvalue weighted by Gasteiger charge is 2.10. The zero-order valence-corrected chi connectivity index (χ0v) is 15.8. The molecule has 0 saturated carbocycles. The van der Waals surface area contributed by atoms with E-state index in [-0.39, 0.29) is 19.6 Å². The Morgan fingerprint density at radius 3 is 1.44 bits per heavy atom. The minimum Gasteiger partial charge on any atom is -0.352 e. The standard InChI is InChI=1S/C20H37F2NO2/c1-23-17-14-20(24-18-12-8-4-2-6-10-15-21)25-19-13-9-5-3-7-11-16-22/h20H,2-19H2. The van der Waals surface area contributed by atoms with Crippen LogP contribution in [-0.2, 0) is 9.47 Å². The van der Waals surface area contributed by atoms with E-state index in [2.05, 4.69) is 4.85 Å². The SMILES string of the molecule is [C-]#[N+]CCC(OCCCCCCCCF)OCCCCCCCCF. The maximum atomic E-state index is 12.0. The van der Waals surface area contributed by atoms with Gasteiger partial charge >= 0.3 is 0 Å². The molecule has 0 rings (SSSR count). The summed E-state index contributed by atoms with van der Waals surface area (Å²) >= 11 is 0. The third-order valence-electron chi connectivity index (χ3n) is 4.14. The summed E-state index contributed by atoms with van der Waals surface area (Å²) in [6.07, 6.45) is 12.3. The minimum atomic E-state index is -0.271. The monoisotopic (exact) mass is 361 g/mol. The summed E-state index contributed by atoms with van der Waals surface area (Å²) in [5, 5.41) is 0. The molecule has 0 radical (unpaired) electrons. The van der Waals surface area contributed by atoms with Crippen molar-refractivity contribution in [2.45, 2.75) is 89.8 Å². The van der Waals surface area contributed by atoms with Gasteiger partial charge in [-0.05, 0) is 25.7 Å². The Kier molecular flexibility index (Phi) is 20.7. The van der Waals surface area contributed by atoms with E-state index >= 15 is 0 Å². The quantitative estimate of drug-likeness (QED) is 0.145. The van der Waals surface area contributed by atoms with E-state index in [4.69, 9.17) is 16.0 Å². The van der Waals surface area contributed by atoms with Gasteiger partial charge in [0.15, 0.2) is 6.29 Å². The molecule has 0 bridgehead atoms. The number of alkyl halides is 2. The number of halogens is 2. The minimum absolute atomic E-state index is 0.208. The third-order valence-corrected chi connectivity index (χ3v) is 4.14. The number of hydrogen-bond acceptors (Lipinski definition) is 2. The van der Waals surface area contributed by atoms with Gasteiger partial charge in [-0.3, -0.25) is 8.78 Å². The predicted molar refractivity (Wildman–Crippen MR) is 99.1 cm³/mol. The Morgan fingerprint density at radius 2 is 1.04 bits per heavy atom. The highest BCUT2D eigenvalue weighted by Crippen LogP contribution is 2.10. The van der Waals surface area contributed by atoms with Crippen molar-refractivity contribution in [2.24, 2.45) is 0 Å². The Bertz CT molecular complexity index is 278. The second-order valence-electron chi connectivity index (χ2n) is 6.46. The predicted octanol–water partition coefficient (Wildman–Crippen LogP) is 6.28. The molecular weight excluding hydrogens is 324 g/mol. The summed E-state index contributed by atoms with van der Waals surface area (Å²) in [5.74, 6) is 0. The van der Waals surface area contributed by atoms with Crippen LogP contribution in [-0.4, -0.2) is 39.4 Å². The molecule has 0 aliphatic carbocycles. The van der Waals surface area contributed by atoms with E-state index in [1.54, 1.807) is 0 Å².